The maximum absolute atomic E-state index is 11.0. The molecular formula is C14H21N3O. The fraction of sp³-hybridized carbons (Fsp3) is 0.571. The molecule has 2 rings (SSSR count). The summed E-state index contributed by atoms with van der Waals surface area (Å²) in [4.78, 5) is 17.8. The second kappa shape index (κ2) is 5.38. The Balaban J connectivity index is 1.98. The van der Waals surface area contributed by atoms with Crippen LogP contribution in [0.5, 0.6) is 0 Å². The smallest absolute Gasteiger partial charge is 0.217 e. The van der Waals surface area contributed by atoms with Crippen LogP contribution in [0.25, 0.3) is 0 Å². The lowest BCUT2D eigenvalue weighted by Gasteiger charge is -2.18. The Hall–Kier alpha value is -1.58. The van der Waals surface area contributed by atoms with Crippen LogP contribution in [0.4, 0.5) is 5.82 Å². The summed E-state index contributed by atoms with van der Waals surface area (Å²) < 4.78 is 0. The van der Waals surface area contributed by atoms with Crippen molar-refractivity contribution < 1.29 is 4.79 Å². The quantitative estimate of drug-likeness (QED) is 0.887. The Bertz CT molecular complexity index is 414. The molecule has 1 aromatic heterocycles. The molecule has 1 saturated heterocycles. The van der Waals surface area contributed by atoms with E-state index in [1.54, 1.807) is 6.92 Å². The predicted octanol–water partition coefficient (Wildman–Crippen LogP) is 1.92. The van der Waals surface area contributed by atoms with Crippen molar-refractivity contribution in [2.24, 2.45) is 0 Å². The van der Waals surface area contributed by atoms with Gasteiger partial charge in [-0.2, -0.15) is 0 Å². The van der Waals surface area contributed by atoms with Crippen LogP contribution in [-0.4, -0.2) is 30.0 Å². The first-order chi connectivity index (χ1) is 8.56. The zero-order chi connectivity index (χ0) is 13.1. The van der Waals surface area contributed by atoms with E-state index in [0.29, 0.717) is 5.92 Å². The van der Waals surface area contributed by atoms with E-state index in [1.807, 2.05) is 6.20 Å². The molecule has 0 aromatic carbocycles. The number of pyridine rings is 1. The van der Waals surface area contributed by atoms with E-state index in [2.05, 4.69) is 41.2 Å². The highest BCUT2D eigenvalue weighted by atomic mass is 16.1. The highest BCUT2D eigenvalue weighted by Gasteiger charge is 2.23. The molecule has 1 aliphatic rings. The summed E-state index contributed by atoms with van der Waals surface area (Å²) in [6.45, 7) is 7.71. The maximum atomic E-state index is 11.0. The first kappa shape index (κ1) is 12.9. The lowest BCUT2D eigenvalue weighted by molar-refractivity contribution is -0.119. The van der Waals surface area contributed by atoms with Gasteiger partial charge in [-0.25, -0.2) is 4.98 Å². The minimum Gasteiger partial charge on any atom is -0.354 e. The first-order valence-corrected chi connectivity index (χ1v) is 6.54. The fourth-order valence-electron chi connectivity index (χ4n) is 2.30. The van der Waals surface area contributed by atoms with Crippen molar-refractivity contribution in [3.63, 3.8) is 0 Å². The van der Waals surface area contributed by atoms with Crippen LogP contribution in [0.2, 0.25) is 0 Å². The Morgan fingerprint density at radius 1 is 1.50 bits per heavy atom. The Morgan fingerprint density at radius 2 is 2.28 bits per heavy atom. The van der Waals surface area contributed by atoms with Gasteiger partial charge in [-0.05, 0) is 24.0 Å². The van der Waals surface area contributed by atoms with Crippen molar-refractivity contribution in [1.82, 2.24) is 10.3 Å². The summed E-state index contributed by atoms with van der Waals surface area (Å²) in [5.41, 5.74) is 1.26. The summed E-state index contributed by atoms with van der Waals surface area (Å²) in [6, 6.07) is 4.47. The van der Waals surface area contributed by atoms with Crippen molar-refractivity contribution in [3.05, 3.63) is 23.9 Å². The molecule has 0 saturated carbocycles. The van der Waals surface area contributed by atoms with E-state index in [4.69, 9.17) is 0 Å². The number of anilines is 1. The largest absolute Gasteiger partial charge is 0.354 e. The Morgan fingerprint density at radius 3 is 2.83 bits per heavy atom. The zero-order valence-corrected chi connectivity index (χ0v) is 11.3. The van der Waals surface area contributed by atoms with Crippen LogP contribution >= 0.6 is 0 Å². The number of hydrogen-bond donors (Lipinski definition) is 1. The lowest BCUT2D eigenvalue weighted by Crippen LogP contribution is -2.35. The normalized spacial score (nSPS) is 19.3. The molecule has 2 heterocycles. The minimum absolute atomic E-state index is 0.0463. The fourth-order valence-corrected chi connectivity index (χ4v) is 2.30. The SMILES string of the molecule is CC(=O)NC1CCN(c2ccc(C(C)C)cn2)C1. The molecule has 98 valence electrons. The van der Waals surface area contributed by atoms with Crippen molar-refractivity contribution in [3.8, 4) is 0 Å². The standard InChI is InChI=1S/C14H21N3O/c1-10(2)12-4-5-14(15-8-12)17-7-6-13(9-17)16-11(3)18/h4-5,8,10,13H,6-7,9H2,1-3H3,(H,16,18). The van der Waals surface area contributed by atoms with E-state index < -0.39 is 0 Å². The van der Waals surface area contributed by atoms with Gasteiger partial charge >= 0.3 is 0 Å². The number of rotatable bonds is 3. The summed E-state index contributed by atoms with van der Waals surface area (Å²) in [6.07, 6.45) is 2.94. The van der Waals surface area contributed by atoms with Gasteiger partial charge in [0.15, 0.2) is 0 Å². The third kappa shape index (κ3) is 3.00. The van der Waals surface area contributed by atoms with Gasteiger partial charge in [0, 0.05) is 32.3 Å². The topological polar surface area (TPSA) is 45.2 Å². The van der Waals surface area contributed by atoms with Crippen molar-refractivity contribution in [2.75, 3.05) is 18.0 Å². The lowest BCUT2D eigenvalue weighted by atomic mass is 10.1. The number of carbonyl (C=O) groups is 1. The molecule has 1 N–H and O–H groups in total. The monoisotopic (exact) mass is 247 g/mol. The third-order valence-corrected chi connectivity index (χ3v) is 3.36. The van der Waals surface area contributed by atoms with Crippen LogP contribution < -0.4 is 10.2 Å². The maximum Gasteiger partial charge on any atom is 0.217 e. The second-order valence-corrected chi connectivity index (χ2v) is 5.24. The molecule has 1 amide bonds. The number of nitrogens with zero attached hydrogens (tertiary/aromatic N) is 2. The highest BCUT2D eigenvalue weighted by molar-refractivity contribution is 5.73. The molecule has 1 aliphatic heterocycles. The van der Waals surface area contributed by atoms with Gasteiger partial charge < -0.3 is 10.2 Å². The molecule has 4 nitrogen and oxygen atoms in total. The molecule has 18 heavy (non-hydrogen) atoms. The average Bonchev–Trinajstić information content (AvgIpc) is 2.76. The van der Waals surface area contributed by atoms with E-state index in [9.17, 15) is 4.79 Å². The van der Waals surface area contributed by atoms with Crippen LogP contribution in [0.3, 0.4) is 0 Å². The van der Waals surface area contributed by atoms with E-state index in [0.717, 1.165) is 25.3 Å². The van der Waals surface area contributed by atoms with E-state index in [-0.39, 0.29) is 11.9 Å². The van der Waals surface area contributed by atoms with E-state index in [1.165, 1.54) is 5.56 Å². The molecule has 1 fully saturated rings. The molecule has 0 aliphatic carbocycles. The van der Waals surface area contributed by atoms with Crippen LogP contribution in [0.15, 0.2) is 18.3 Å². The first-order valence-electron chi connectivity index (χ1n) is 6.54. The second-order valence-electron chi connectivity index (χ2n) is 5.24. The molecule has 1 unspecified atom stereocenters. The third-order valence-electron chi connectivity index (χ3n) is 3.36. The molecule has 1 atom stereocenters. The number of carbonyl (C=O) groups excluding carboxylic acids is 1. The van der Waals surface area contributed by atoms with Crippen molar-refractivity contribution in [2.45, 2.75) is 39.2 Å². The van der Waals surface area contributed by atoms with Crippen LogP contribution in [0.1, 0.15) is 38.7 Å². The van der Waals surface area contributed by atoms with Gasteiger partial charge in [0.1, 0.15) is 5.82 Å². The van der Waals surface area contributed by atoms with Gasteiger partial charge in [0.25, 0.3) is 0 Å². The van der Waals surface area contributed by atoms with Gasteiger partial charge in [0.2, 0.25) is 5.91 Å². The number of amides is 1. The molecule has 4 heteroatoms. The molecule has 0 radical (unpaired) electrons. The summed E-state index contributed by atoms with van der Waals surface area (Å²) >= 11 is 0. The molecule has 0 spiro atoms. The summed E-state index contributed by atoms with van der Waals surface area (Å²) in [5, 5.41) is 2.96. The van der Waals surface area contributed by atoms with Crippen molar-refractivity contribution in [1.29, 1.82) is 0 Å². The minimum atomic E-state index is 0.0463. The molecule has 1 aromatic rings. The Labute approximate surface area is 108 Å². The van der Waals surface area contributed by atoms with Gasteiger partial charge in [0.05, 0.1) is 0 Å². The average molecular weight is 247 g/mol. The Kier molecular flexibility index (Phi) is 3.84. The molecular weight excluding hydrogens is 226 g/mol. The summed E-state index contributed by atoms with van der Waals surface area (Å²) in [5.74, 6) is 1.56. The van der Waals surface area contributed by atoms with Crippen LogP contribution in [-0.2, 0) is 4.79 Å². The number of hydrogen-bond acceptors (Lipinski definition) is 3. The predicted molar refractivity (Wildman–Crippen MR) is 72.8 cm³/mol. The van der Waals surface area contributed by atoms with Gasteiger partial charge in [-0.15, -0.1) is 0 Å². The number of nitrogens with one attached hydrogen (secondary N) is 1. The van der Waals surface area contributed by atoms with Crippen LogP contribution in [0, 0.1) is 0 Å². The highest BCUT2D eigenvalue weighted by Crippen LogP contribution is 2.20. The van der Waals surface area contributed by atoms with Gasteiger partial charge in [-0.3, -0.25) is 4.79 Å². The summed E-state index contributed by atoms with van der Waals surface area (Å²) in [7, 11) is 0. The van der Waals surface area contributed by atoms with Crippen molar-refractivity contribution >= 4 is 11.7 Å². The zero-order valence-electron chi connectivity index (χ0n) is 11.3. The van der Waals surface area contributed by atoms with Gasteiger partial charge in [-0.1, -0.05) is 19.9 Å². The van der Waals surface area contributed by atoms with E-state index >= 15 is 0 Å². The number of aromatic nitrogens is 1. The molecule has 0 bridgehead atoms.